The Morgan fingerprint density at radius 1 is 1.24 bits per heavy atom. The van der Waals surface area contributed by atoms with Gasteiger partial charge >= 0.3 is 0 Å². The Balaban J connectivity index is 1.53. The van der Waals surface area contributed by atoms with E-state index in [2.05, 4.69) is 5.32 Å². The molecule has 3 rings (SSSR count). The molecule has 2 saturated heterocycles. The molecule has 0 saturated carbocycles. The molecule has 0 spiro atoms. The van der Waals surface area contributed by atoms with Crippen molar-refractivity contribution in [3.05, 3.63) is 12.2 Å². The third kappa shape index (κ3) is 2.85. The molecule has 0 aromatic carbocycles. The molecule has 3 atom stereocenters. The highest BCUT2D eigenvalue weighted by Gasteiger charge is 2.47. The van der Waals surface area contributed by atoms with Gasteiger partial charge in [0.05, 0.1) is 17.9 Å². The quantitative estimate of drug-likeness (QED) is 0.594. The number of rotatable bonds is 4. The van der Waals surface area contributed by atoms with Gasteiger partial charge in [-0.25, -0.2) is 0 Å². The normalized spacial score (nSPS) is 31.6. The zero-order chi connectivity index (χ0) is 14.8. The molecular weight excluding hydrogens is 272 g/mol. The fourth-order valence-corrected chi connectivity index (χ4v) is 3.26. The van der Waals surface area contributed by atoms with E-state index in [4.69, 9.17) is 4.74 Å². The maximum atomic E-state index is 12.2. The van der Waals surface area contributed by atoms with Crippen molar-refractivity contribution < 1.29 is 19.1 Å². The highest BCUT2D eigenvalue weighted by Crippen LogP contribution is 2.34. The van der Waals surface area contributed by atoms with Gasteiger partial charge in [-0.15, -0.1) is 0 Å². The van der Waals surface area contributed by atoms with Gasteiger partial charge in [-0.1, -0.05) is 12.2 Å². The second-order valence-electron chi connectivity index (χ2n) is 5.86. The van der Waals surface area contributed by atoms with E-state index in [9.17, 15) is 14.4 Å². The van der Waals surface area contributed by atoms with E-state index in [-0.39, 0.29) is 42.2 Å². The standard InChI is InChI=1S/C15H20N2O4/c18-13(16-8-10-4-3-7-21-10)9-17-14(19)11-5-1-2-6-12(11)15(17)20/h1-2,10-12H,3-9H2,(H,16,18)/t10-,11+,12+/m0/s1. The second kappa shape index (κ2) is 5.97. The van der Waals surface area contributed by atoms with Crippen LogP contribution < -0.4 is 5.32 Å². The van der Waals surface area contributed by atoms with Gasteiger partial charge in [0.2, 0.25) is 17.7 Å². The number of ether oxygens (including phenoxy) is 1. The molecule has 1 aliphatic carbocycles. The number of hydrogen-bond acceptors (Lipinski definition) is 4. The minimum Gasteiger partial charge on any atom is -0.376 e. The summed E-state index contributed by atoms with van der Waals surface area (Å²) in [7, 11) is 0. The monoisotopic (exact) mass is 292 g/mol. The summed E-state index contributed by atoms with van der Waals surface area (Å²) in [6.07, 6.45) is 7.09. The van der Waals surface area contributed by atoms with Gasteiger partial charge in [0, 0.05) is 13.2 Å². The number of amides is 3. The molecule has 2 fully saturated rings. The summed E-state index contributed by atoms with van der Waals surface area (Å²) in [5.74, 6) is -1.25. The molecule has 3 aliphatic rings. The number of nitrogens with zero attached hydrogens (tertiary/aromatic N) is 1. The van der Waals surface area contributed by atoms with Crippen LogP contribution in [0.1, 0.15) is 25.7 Å². The number of allylic oxidation sites excluding steroid dienone is 2. The largest absolute Gasteiger partial charge is 0.376 e. The number of nitrogens with one attached hydrogen (secondary N) is 1. The third-order valence-corrected chi connectivity index (χ3v) is 4.45. The summed E-state index contributed by atoms with van der Waals surface area (Å²) in [5, 5.41) is 2.75. The molecule has 6 heteroatoms. The van der Waals surface area contributed by atoms with Gasteiger partial charge in [-0.3, -0.25) is 19.3 Å². The average Bonchev–Trinajstić information content (AvgIpc) is 3.09. The first-order chi connectivity index (χ1) is 10.2. The Morgan fingerprint density at radius 3 is 2.48 bits per heavy atom. The van der Waals surface area contributed by atoms with Crippen molar-refractivity contribution in [3.63, 3.8) is 0 Å². The number of fused-ring (bicyclic) bond motifs is 1. The molecule has 0 radical (unpaired) electrons. The molecule has 2 aliphatic heterocycles. The average molecular weight is 292 g/mol. The molecule has 6 nitrogen and oxygen atoms in total. The van der Waals surface area contributed by atoms with Gasteiger partial charge < -0.3 is 10.1 Å². The fourth-order valence-electron chi connectivity index (χ4n) is 3.26. The van der Waals surface area contributed by atoms with E-state index in [1.165, 1.54) is 0 Å². The van der Waals surface area contributed by atoms with Crippen LogP contribution in [0.5, 0.6) is 0 Å². The van der Waals surface area contributed by atoms with Crippen LogP contribution in [0, 0.1) is 11.8 Å². The van der Waals surface area contributed by atoms with Gasteiger partial charge in [-0.05, 0) is 25.7 Å². The molecule has 0 aromatic rings. The van der Waals surface area contributed by atoms with Crippen molar-refractivity contribution in [2.24, 2.45) is 11.8 Å². The van der Waals surface area contributed by atoms with E-state index >= 15 is 0 Å². The van der Waals surface area contributed by atoms with Crippen LogP contribution in [0.4, 0.5) is 0 Å². The Hall–Kier alpha value is -1.69. The first-order valence-electron chi connectivity index (χ1n) is 7.55. The van der Waals surface area contributed by atoms with Crippen LogP contribution in [0.3, 0.4) is 0 Å². The smallest absolute Gasteiger partial charge is 0.240 e. The van der Waals surface area contributed by atoms with Crippen LogP contribution in [-0.4, -0.2) is 48.4 Å². The van der Waals surface area contributed by atoms with E-state index in [0.29, 0.717) is 19.4 Å². The van der Waals surface area contributed by atoms with E-state index in [1.807, 2.05) is 12.2 Å². The summed E-state index contributed by atoms with van der Waals surface area (Å²) in [4.78, 5) is 37.5. The summed E-state index contributed by atoms with van der Waals surface area (Å²) in [5.41, 5.74) is 0. The molecule has 114 valence electrons. The number of carbonyl (C=O) groups is 3. The van der Waals surface area contributed by atoms with Crippen LogP contribution >= 0.6 is 0 Å². The Kier molecular flexibility index (Phi) is 4.05. The fraction of sp³-hybridized carbons (Fsp3) is 0.667. The Labute approximate surface area is 123 Å². The van der Waals surface area contributed by atoms with Crippen LogP contribution in [0.15, 0.2) is 12.2 Å². The van der Waals surface area contributed by atoms with Crippen LogP contribution in [0.25, 0.3) is 0 Å². The van der Waals surface area contributed by atoms with Gasteiger partial charge in [0.15, 0.2) is 0 Å². The Morgan fingerprint density at radius 2 is 1.90 bits per heavy atom. The maximum absolute atomic E-state index is 12.2. The lowest BCUT2D eigenvalue weighted by Gasteiger charge is -2.16. The van der Waals surface area contributed by atoms with E-state index < -0.39 is 0 Å². The zero-order valence-corrected chi connectivity index (χ0v) is 11.9. The van der Waals surface area contributed by atoms with Gasteiger partial charge in [0.25, 0.3) is 0 Å². The predicted molar refractivity (Wildman–Crippen MR) is 74.1 cm³/mol. The lowest BCUT2D eigenvalue weighted by Crippen LogP contribution is -2.42. The molecule has 1 N–H and O–H groups in total. The first-order valence-corrected chi connectivity index (χ1v) is 7.55. The lowest BCUT2D eigenvalue weighted by atomic mass is 9.85. The summed E-state index contributed by atoms with van der Waals surface area (Å²) >= 11 is 0. The second-order valence-corrected chi connectivity index (χ2v) is 5.86. The topological polar surface area (TPSA) is 75.7 Å². The SMILES string of the molecule is O=C(CN1C(=O)[C@@H]2CC=CC[C@H]2C1=O)NC[C@@H]1CCCO1. The molecule has 0 aromatic heterocycles. The minimum absolute atomic E-state index is 0.0608. The number of hydrogen-bond donors (Lipinski definition) is 1. The van der Waals surface area contributed by atoms with E-state index in [0.717, 1.165) is 24.3 Å². The van der Waals surface area contributed by atoms with Crippen molar-refractivity contribution in [2.45, 2.75) is 31.8 Å². The molecule has 21 heavy (non-hydrogen) atoms. The number of imide groups is 1. The van der Waals surface area contributed by atoms with Crippen molar-refractivity contribution in [1.29, 1.82) is 0 Å². The number of carbonyl (C=O) groups excluding carboxylic acids is 3. The predicted octanol–water partition coefficient (Wildman–Crippen LogP) is 0.233. The van der Waals surface area contributed by atoms with Crippen LogP contribution in [-0.2, 0) is 19.1 Å². The van der Waals surface area contributed by atoms with Crippen LogP contribution in [0.2, 0.25) is 0 Å². The molecule has 0 bridgehead atoms. The Bertz CT molecular complexity index is 456. The molecule has 3 amide bonds. The maximum Gasteiger partial charge on any atom is 0.240 e. The first kappa shape index (κ1) is 14.3. The van der Waals surface area contributed by atoms with E-state index in [1.54, 1.807) is 0 Å². The van der Waals surface area contributed by atoms with Crippen molar-refractivity contribution in [3.8, 4) is 0 Å². The zero-order valence-electron chi connectivity index (χ0n) is 11.9. The van der Waals surface area contributed by atoms with Crippen molar-refractivity contribution >= 4 is 17.7 Å². The highest BCUT2D eigenvalue weighted by atomic mass is 16.5. The summed E-state index contributed by atoms with van der Waals surface area (Å²) in [6, 6.07) is 0. The highest BCUT2D eigenvalue weighted by molar-refractivity contribution is 6.07. The molecule has 2 heterocycles. The number of likely N-dealkylation sites (tertiary alicyclic amines) is 1. The van der Waals surface area contributed by atoms with Gasteiger partial charge in [-0.2, -0.15) is 0 Å². The molecule has 0 unspecified atom stereocenters. The van der Waals surface area contributed by atoms with Gasteiger partial charge in [0.1, 0.15) is 6.54 Å². The molecular formula is C15H20N2O4. The summed E-state index contributed by atoms with van der Waals surface area (Å²) in [6.45, 7) is 1.01. The summed E-state index contributed by atoms with van der Waals surface area (Å²) < 4.78 is 5.42. The van der Waals surface area contributed by atoms with Crippen molar-refractivity contribution in [2.75, 3.05) is 19.7 Å². The lowest BCUT2D eigenvalue weighted by molar-refractivity contribution is -0.143. The van der Waals surface area contributed by atoms with Crippen molar-refractivity contribution in [1.82, 2.24) is 10.2 Å². The third-order valence-electron chi connectivity index (χ3n) is 4.45. The minimum atomic E-state index is -0.293.